The van der Waals surface area contributed by atoms with Crippen LogP contribution in [0.15, 0.2) is 72.8 Å². The summed E-state index contributed by atoms with van der Waals surface area (Å²) in [5.74, 6) is 0.469. The highest BCUT2D eigenvalue weighted by molar-refractivity contribution is 6.02. The van der Waals surface area contributed by atoms with Crippen molar-refractivity contribution >= 4 is 23.6 Å². The fourth-order valence-electron chi connectivity index (χ4n) is 3.19. The van der Waals surface area contributed by atoms with Gasteiger partial charge in [-0.1, -0.05) is 43.3 Å². The van der Waals surface area contributed by atoms with E-state index >= 15 is 0 Å². The van der Waals surface area contributed by atoms with Gasteiger partial charge in [0.25, 0.3) is 0 Å². The highest BCUT2D eigenvalue weighted by atomic mass is 16.5. The van der Waals surface area contributed by atoms with Crippen molar-refractivity contribution in [3.8, 4) is 11.5 Å². The van der Waals surface area contributed by atoms with Gasteiger partial charge in [0.2, 0.25) is 5.91 Å². The topological polar surface area (TPSA) is 73.9 Å². The Morgan fingerprint density at radius 3 is 2.56 bits per heavy atom. The van der Waals surface area contributed by atoms with Crippen molar-refractivity contribution in [2.45, 2.75) is 26.9 Å². The standard InChI is InChI=1S/C28H29NO5/c1-4-16-33-28(31)22-10-7-11-24(18-22)29-27(30)15-13-21-12-14-25(26(17-21)32-3)34-19-23-9-6-5-8-20(23)2/h5-15,17-18H,4,16,19H2,1-3H3,(H,29,30). The maximum absolute atomic E-state index is 12.4. The molecule has 0 fully saturated rings. The fraction of sp³-hybridized carbons (Fsp3) is 0.214. The number of hydrogen-bond acceptors (Lipinski definition) is 5. The van der Waals surface area contributed by atoms with Gasteiger partial charge in [0.15, 0.2) is 11.5 Å². The van der Waals surface area contributed by atoms with Crippen LogP contribution in [-0.4, -0.2) is 25.6 Å². The van der Waals surface area contributed by atoms with Crippen LogP contribution in [0.5, 0.6) is 11.5 Å². The maximum Gasteiger partial charge on any atom is 0.338 e. The molecule has 6 nitrogen and oxygen atoms in total. The predicted molar refractivity (Wildman–Crippen MR) is 133 cm³/mol. The Labute approximate surface area is 200 Å². The molecule has 0 spiro atoms. The average Bonchev–Trinajstić information content (AvgIpc) is 2.86. The van der Waals surface area contributed by atoms with Crippen molar-refractivity contribution in [2.24, 2.45) is 0 Å². The van der Waals surface area contributed by atoms with E-state index in [9.17, 15) is 9.59 Å². The molecule has 0 bridgehead atoms. The first-order valence-corrected chi connectivity index (χ1v) is 11.1. The molecule has 6 heteroatoms. The first-order valence-electron chi connectivity index (χ1n) is 11.1. The molecule has 0 unspecified atom stereocenters. The summed E-state index contributed by atoms with van der Waals surface area (Å²) < 4.78 is 16.5. The average molecular weight is 460 g/mol. The quantitative estimate of drug-likeness (QED) is 0.306. The third kappa shape index (κ3) is 6.97. The normalized spacial score (nSPS) is 10.7. The van der Waals surface area contributed by atoms with Gasteiger partial charge in [0.05, 0.1) is 19.3 Å². The number of esters is 1. The van der Waals surface area contributed by atoms with Crippen molar-refractivity contribution in [1.82, 2.24) is 0 Å². The third-order valence-corrected chi connectivity index (χ3v) is 5.06. The molecule has 3 aromatic rings. The lowest BCUT2D eigenvalue weighted by Crippen LogP contribution is -2.10. The van der Waals surface area contributed by atoms with Crippen LogP contribution < -0.4 is 14.8 Å². The second-order valence-corrected chi connectivity index (χ2v) is 7.66. The second kappa shape index (κ2) is 12.3. The number of nitrogens with one attached hydrogen (secondary N) is 1. The van der Waals surface area contributed by atoms with Crippen LogP contribution in [0.1, 0.15) is 40.4 Å². The summed E-state index contributed by atoms with van der Waals surface area (Å²) in [5.41, 5.74) is 3.95. The van der Waals surface area contributed by atoms with Crippen LogP contribution in [0.4, 0.5) is 5.69 Å². The van der Waals surface area contributed by atoms with Crippen molar-refractivity contribution in [3.63, 3.8) is 0 Å². The molecule has 0 aromatic heterocycles. The van der Waals surface area contributed by atoms with Gasteiger partial charge < -0.3 is 19.5 Å². The second-order valence-electron chi connectivity index (χ2n) is 7.66. The fourth-order valence-corrected chi connectivity index (χ4v) is 3.19. The lowest BCUT2D eigenvalue weighted by Gasteiger charge is -2.12. The molecule has 1 N–H and O–H groups in total. The molecule has 0 heterocycles. The van der Waals surface area contributed by atoms with Crippen LogP contribution in [0.25, 0.3) is 6.08 Å². The number of ether oxygens (including phenoxy) is 3. The molecular formula is C28H29NO5. The lowest BCUT2D eigenvalue weighted by atomic mass is 10.1. The number of carbonyl (C=O) groups is 2. The van der Waals surface area contributed by atoms with Crippen molar-refractivity contribution in [2.75, 3.05) is 19.0 Å². The Morgan fingerprint density at radius 2 is 1.79 bits per heavy atom. The largest absolute Gasteiger partial charge is 0.493 e. The molecule has 0 aliphatic heterocycles. The highest BCUT2D eigenvalue weighted by Gasteiger charge is 2.09. The Morgan fingerprint density at radius 1 is 0.971 bits per heavy atom. The summed E-state index contributed by atoms with van der Waals surface area (Å²) in [7, 11) is 1.58. The first kappa shape index (κ1) is 24.6. The Kier molecular flexibility index (Phi) is 8.86. The molecule has 3 rings (SSSR count). The molecule has 0 atom stereocenters. The summed E-state index contributed by atoms with van der Waals surface area (Å²) in [5, 5.41) is 2.76. The maximum atomic E-state index is 12.4. The Hall–Kier alpha value is -4.06. The number of benzene rings is 3. The van der Waals surface area contributed by atoms with E-state index in [0.29, 0.717) is 36.0 Å². The number of anilines is 1. The van der Waals surface area contributed by atoms with Gasteiger partial charge in [0, 0.05) is 11.8 Å². The number of methoxy groups -OCH3 is 1. The molecule has 3 aromatic carbocycles. The first-order chi connectivity index (χ1) is 16.5. The van der Waals surface area contributed by atoms with Gasteiger partial charge in [-0.05, 0) is 66.4 Å². The van der Waals surface area contributed by atoms with Crippen LogP contribution in [0, 0.1) is 6.92 Å². The van der Waals surface area contributed by atoms with Crippen LogP contribution in [-0.2, 0) is 16.1 Å². The zero-order valence-corrected chi connectivity index (χ0v) is 19.7. The van der Waals surface area contributed by atoms with E-state index in [0.717, 1.165) is 23.1 Å². The zero-order chi connectivity index (χ0) is 24.3. The van der Waals surface area contributed by atoms with Gasteiger partial charge in [-0.15, -0.1) is 0 Å². The van der Waals surface area contributed by atoms with Gasteiger partial charge in [-0.2, -0.15) is 0 Å². The summed E-state index contributed by atoms with van der Waals surface area (Å²) in [6, 6.07) is 20.2. The van der Waals surface area contributed by atoms with E-state index in [2.05, 4.69) is 5.32 Å². The van der Waals surface area contributed by atoms with Crippen molar-refractivity contribution in [3.05, 3.63) is 95.1 Å². The number of aryl methyl sites for hydroxylation is 1. The number of carbonyl (C=O) groups excluding carboxylic acids is 2. The molecule has 34 heavy (non-hydrogen) atoms. The smallest absolute Gasteiger partial charge is 0.338 e. The molecular weight excluding hydrogens is 430 g/mol. The van der Waals surface area contributed by atoms with Gasteiger partial charge >= 0.3 is 5.97 Å². The molecule has 1 amide bonds. The van der Waals surface area contributed by atoms with Gasteiger partial charge in [0.1, 0.15) is 6.61 Å². The molecule has 0 saturated carbocycles. The SMILES string of the molecule is CCCOC(=O)c1cccc(NC(=O)C=Cc2ccc(OCc3ccccc3C)c(OC)c2)c1. The van der Waals surface area contributed by atoms with E-state index in [1.807, 2.05) is 50.2 Å². The summed E-state index contributed by atoms with van der Waals surface area (Å²) in [6.45, 7) is 4.77. The van der Waals surface area contributed by atoms with Gasteiger partial charge in [-0.25, -0.2) is 4.79 Å². The van der Waals surface area contributed by atoms with E-state index in [1.165, 1.54) is 6.08 Å². The Balaban J connectivity index is 1.62. The van der Waals surface area contributed by atoms with E-state index < -0.39 is 5.97 Å². The van der Waals surface area contributed by atoms with Gasteiger partial charge in [-0.3, -0.25) is 4.79 Å². The van der Waals surface area contributed by atoms with E-state index in [1.54, 1.807) is 43.5 Å². The van der Waals surface area contributed by atoms with Crippen molar-refractivity contribution < 1.29 is 23.8 Å². The molecule has 0 radical (unpaired) electrons. The van der Waals surface area contributed by atoms with Crippen molar-refractivity contribution in [1.29, 1.82) is 0 Å². The monoisotopic (exact) mass is 459 g/mol. The van der Waals surface area contributed by atoms with Crippen LogP contribution >= 0.6 is 0 Å². The number of amides is 1. The minimum absolute atomic E-state index is 0.321. The summed E-state index contributed by atoms with van der Waals surface area (Å²) in [4.78, 5) is 24.4. The predicted octanol–water partition coefficient (Wildman–Crippen LogP) is 5.80. The lowest BCUT2D eigenvalue weighted by molar-refractivity contribution is -0.111. The summed E-state index contributed by atoms with van der Waals surface area (Å²) >= 11 is 0. The summed E-state index contributed by atoms with van der Waals surface area (Å²) in [6.07, 6.45) is 3.85. The Bertz CT molecular complexity index is 1170. The highest BCUT2D eigenvalue weighted by Crippen LogP contribution is 2.29. The molecule has 0 aliphatic rings. The molecule has 176 valence electrons. The number of hydrogen-bond donors (Lipinski definition) is 1. The third-order valence-electron chi connectivity index (χ3n) is 5.06. The minimum Gasteiger partial charge on any atom is -0.493 e. The minimum atomic E-state index is -0.412. The van der Waals surface area contributed by atoms with E-state index in [-0.39, 0.29) is 5.91 Å². The van der Waals surface area contributed by atoms with E-state index in [4.69, 9.17) is 14.2 Å². The zero-order valence-electron chi connectivity index (χ0n) is 19.7. The molecule has 0 saturated heterocycles. The van der Waals surface area contributed by atoms with Crippen LogP contribution in [0.3, 0.4) is 0 Å². The van der Waals surface area contributed by atoms with Crippen LogP contribution in [0.2, 0.25) is 0 Å². The number of rotatable bonds is 10. The molecule has 0 aliphatic carbocycles.